The lowest BCUT2D eigenvalue weighted by atomic mass is 9.95. The summed E-state index contributed by atoms with van der Waals surface area (Å²) >= 11 is 0. The monoisotopic (exact) mass is 410 g/mol. The maximum Gasteiger partial charge on any atom is 0.227 e. The van der Waals surface area contributed by atoms with Crippen LogP contribution in [0.2, 0.25) is 0 Å². The fraction of sp³-hybridized carbons (Fsp3) is 0.591. The molecular formula is C22H30N6O2. The van der Waals surface area contributed by atoms with E-state index in [4.69, 9.17) is 0 Å². The Bertz CT molecular complexity index is 886. The minimum Gasteiger partial charge on any atom is -0.343 e. The van der Waals surface area contributed by atoms with Crippen molar-refractivity contribution in [3.05, 3.63) is 41.7 Å². The largest absolute Gasteiger partial charge is 0.343 e. The number of amides is 2. The minimum atomic E-state index is 0.106. The van der Waals surface area contributed by atoms with Crippen molar-refractivity contribution >= 4 is 11.8 Å². The number of nitrogens with zero attached hydrogens (tertiary/aromatic N) is 6. The molecule has 0 spiro atoms. The molecule has 2 amide bonds. The van der Waals surface area contributed by atoms with Crippen molar-refractivity contribution < 1.29 is 9.59 Å². The van der Waals surface area contributed by atoms with Crippen LogP contribution in [0, 0.1) is 5.92 Å². The van der Waals surface area contributed by atoms with Crippen molar-refractivity contribution in [2.24, 2.45) is 5.92 Å². The van der Waals surface area contributed by atoms with Gasteiger partial charge in [0.05, 0.1) is 13.0 Å². The lowest BCUT2D eigenvalue weighted by Crippen LogP contribution is -2.41. The van der Waals surface area contributed by atoms with Crippen LogP contribution in [-0.2, 0) is 29.1 Å². The van der Waals surface area contributed by atoms with E-state index in [9.17, 15) is 9.59 Å². The van der Waals surface area contributed by atoms with Gasteiger partial charge in [0, 0.05) is 50.9 Å². The third-order valence-corrected chi connectivity index (χ3v) is 6.03. The molecule has 2 aliphatic heterocycles. The molecule has 4 heterocycles. The van der Waals surface area contributed by atoms with E-state index in [1.165, 1.54) is 0 Å². The first-order valence-corrected chi connectivity index (χ1v) is 10.9. The first-order chi connectivity index (χ1) is 14.5. The molecule has 0 aromatic carbocycles. The van der Waals surface area contributed by atoms with Crippen LogP contribution in [0.1, 0.15) is 56.2 Å². The number of carbonyl (C=O) groups excluding carboxylic acids is 2. The van der Waals surface area contributed by atoms with Crippen LogP contribution < -0.4 is 0 Å². The zero-order valence-electron chi connectivity index (χ0n) is 17.8. The van der Waals surface area contributed by atoms with Gasteiger partial charge in [0.2, 0.25) is 11.8 Å². The molecule has 4 rings (SSSR count). The summed E-state index contributed by atoms with van der Waals surface area (Å²) in [4.78, 5) is 32.8. The summed E-state index contributed by atoms with van der Waals surface area (Å²) in [5.74, 6) is 2.96. The van der Waals surface area contributed by atoms with Crippen molar-refractivity contribution in [2.75, 3.05) is 19.6 Å². The lowest BCUT2D eigenvalue weighted by molar-refractivity contribution is -0.133. The first-order valence-electron chi connectivity index (χ1n) is 10.9. The molecule has 160 valence electrons. The molecule has 0 N–H and O–H groups in total. The normalized spacial score (nSPS) is 17.3. The van der Waals surface area contributed by atoms with E-state index in [0.717, 1.165) is 49.7 Å². The van der Waals surface area contributed by atoms with E-state index in [2.05, 4.69) is 33.6 Å². The summed E-state index contributed by atoms with van der Waals surface area (Å²) in [5, 5.41) is 8.87. The van der Waals surface area contributed by atoms with Crippen molar-refractivity contribution in [1.29, 1.82) is 0 Å². The zero-order chi connectivity index (χ0) is 21.1. The highest BCUT2D eigenvalue weighted by Gasteiger charge is 2.31. The van der Waals surface area contributed by atoms with Crippen LogP contribution in [0.25, 0.3) is 0 Å². The highest BCUT2D eigenvalue weighted by atomic mass is 16.2. The molecule has 0 radical (unpaired) electrons. The Balaban J connectivity index is 1.35. The van der Waals surface area contributed by atoms with E-state index in [1.54, 1.807) is 12.4 Å². The Morgan fingerprint density at radius 3 is 2.43 bits per heavy atom. The quantitative estimate of drug-likeness (QED) is 0.753. The highest BCUT2D eigenvalue weighted by Crippen LogP contribution is 2.29. The molecule has 0 atom stereocenters. The van der Waals surface area contributed by atoms with Crippen LogP contribution in [0.5, 0.6) is 0 Å². The highest BCUT2D eigenvalue weighted by molar-refractivity contribution is 5.78. The maximum atomic E-state index is 12.7. The molecule has 1 saturated heterocycles. The molecule has 0 aliphatic carbocycles. The van der Waals surface area contributed by atoms with Gasteiger partial charge < -0.3 is 14.4 Å². The van der Waals surface area contributed by atoms with Gasteiger partial charge in [0.25, 0.3) is 0 Å². The summed E-state index contributed by atoms with van der Waals surface area (Å²) in [6.07, 6.45) is 6.27. The second-order valence-corrected chi connectivity index (χ2v) is 8.73. The van der Waals surface area contributed by atoms with Gasteiger partial charge in [0.15, 0.2) is 5.82 Å². The molecular weight excluding hydrogens is 380 g/mol. The summed E-state index contributed by atoms with van der Waals surface area (Å²) in [6, 6.07) is 3.75. The van der Waals surface area contributed by atoms with Crippen LogP contribution in [-0.4, -0.2) is 61.0 Å². The topological polar surface area (TPSA) is 84.2 Å². The average Bonchev–Trinajstić information content (AvgIpc) is 3.17. The maximum absolute atomic E-state index is 12.7. The molecule has 30 heavy (non-hydrogen) atoms. The summed E-state index contributed by atoms with van der Waals surface area (Å²) in [5.41, 5.74) is 0.974. The summed E-state index contributed by atoms with van der Waals surface area (Å²) < 4.78 is 2.19. The zero-order valence-corrected chi connectivity index (χ0v) is 17.8. The molecule has 8 heteroatoms. The summed E-state index contributed by atoms with van der Waals surface area (Å²) in [6.45, 7) is 7.64. The average molecular weight is 411 g/mol. The van der Waals surface area contributed by atoms with Crippen molar-refractivity contribution in [3.8, 4) is 0 Å². The van der Waals surface area contributed by atoms with Gasteiger partial charge in [-0.3, -0.25) is 14.6 Å². The number of piperidine rings is 1. The smallest absolute Gasteiger partial charge is 0.227 e. The molecule has 2 aromatic heterocycles. The fourth-order valence-electron chi connectivity index (χ4n) is 4.35. The van der Waals surface area contributed by atoms with Gasteiger partial charge in [-0.15, -0.1) is 10.2 Å². The number of pyridine rings is 1. The number of aromatic nitrogens is 4. The fourth-order valence-corrected chi connectivity index (χ4v) is 4.35. The molecule has 0 saturated carbocycles. The van der Waals surface area contributed by atoms with Crippen molar-refractivity contribution in [3.63, 3.8) is 0 Å². The summed E-state index contributed by atoms with van der Waals surface area (Å²) in [7, 11) is 0. The second-order valence-electron chi connectivity index (χ2n) is 8.73. The molecule has 0 bridgehead atoms. The van der Waals surface area contributed by atoms with Gasteiger partial charge in [0.1, 0.15) is 5.82 Å². The Hall–Kier alpha value is -2.77. The van der Waals surface area contributed by atoms with E-state index in [-0.39, 0.29) is 11.8 Å². The van der Waals surface area contributed by atoms with E-state index < -0.39 is 0 Å². The van der Waals surface area contributed by atoms with E-state index in [0.29, 0.717) is 37.8 Å². The number of likely N-dealkylation sites (tertiary alicyclic amines) is 1. The van der Waals surface area contributed by atoms with Gasteiger partial charge in [-0.25, -0.2) is 0 Å². The van der Waals surface area contributed by atoms with Crippen LogP contribution in [0.3, 0.4) is 0 Å². The number of carbonyl (C=O) groups is 2. The predicted octanol–water partition coefficient (Wildman–Crippen LogP) is 2.01. The Morgan fingerprint density at radius 2 is 1.73 bits per heavy atom. The third-order valence-electron chi connectivity index (χ3n) is 6.03. The van der Waals surface area contributed by atoms with E-state index in [1.807, 2.05) is 21.9 Å². The Morgan fingerprint density at radius 1 is 1.00 bits per heavy atom. The third kappa shape index (κ3) is 4.52. The first kappa shape index (κ1) is 20.5. The van der Waals surface area contributed by atoms with Crippen LogP contribution in [0.15, 0.2) is 24.5 Å². The molecule has 2 aromatic rings. The van der Waals surface area contributed by atoms with Gasteiger partial charge >= 0.3 is 0 Å². The van der Waals surface area contributed by atoms with E-state index >= 15 is 0 Å². The van der Waals surface area contributed by atoms with Crippen LogP contribution >= 0.6 is 0 Å². The number of rotatable bonds is 5. The van der Waals surface area contributed by atoms with Gasteiger partial charge in [-0.2, -0.15) is 0 Å². The SMILES string of the molecule is CC(C)CC(=O)N1CCC(c2nnc3n2CCN(C(=O)Cc2ccncc2)C3)CC1. The molecule has 1 fully saturated rings. The minimum absolute atomic E-state index is 0.106. The van der Waals surface area contributed by atoms with Gasteiger partial charge in [-0.1, -0.05) is 13.8 Å². The predicted molar refractivity (Wildman–Crippen MR) is 111 cm³/mol. The number of hydrogen-bond donors (Lipinski definition) is 0. The van der Waals surface area contributed by atoms with Crippen LogP contribution in [0.4, 0.5) is 0 Å². The molecule has 2 aliphatic rings. The standard InChI is InChI=1S/C22H30N6O2/c1-16(2)13-20(29)26-9-5-18(6-10-26)22-25-24-19-15-27(11-12-28(19)22)21(30)14-17-3-7-23-8-4-17/h3-4,7-8,16,18H,5-6,9-15H2,1-2H3. The molecule has 0 unspecified atom stereocenters. The second kappa shape index (κ2) is 8.93. The number of fused-ring (bicyclic) bond motifs is 1. The lowest BCUT2D eigenvalue weighted by Gasteiger charge is -2.33. The Labute approximate surface area is 177 Å². The Kier molecular flexibility index (Phi) is 6.11. The van der Waals surface area contributed by atoms with Gasteiger partial charge in [-0.05, 0) is 36.5 Å². The van der Waals surface area contributed by atoms with Crippen molar-refractivity contribution in [1.82, 2.24) is 29.5 Å². The van der Waals surface area contributed by atoms with Crippen molar-refractivity contribution in [2.45, 2.75) is 58.5 Å². The number of hydrogen-bond acceptors (Lipinski definition) is 5. The molecule has 8 nitrogen and oxygen atoms in total.